The standard InChI is InChI=1S/C15H22N4O2/c1-10-5-6-12-13(7-10)18(4)8-11(16-2)15(21)19(12)9-14(20)17-3/h5-7,11,16H,8-9H2,1-4H3,(H,17,20)/t11-/m0/s1. The molecule has 2 N–H and O–H groups in total. The van der Waals surface area contributed by atoms with Crippen molar-refractivity contribution < 1.29 is 9.59 Å². The van der Waals surface area contributed by atoms with E-state index in [4.69, 9.17) is 0 Å². The molecule has 0 saturated heterocycles. The maximum absolute atomic E-state index is 12.7. The van der Waals surface area contributed by atoms with E-state index in [9.17, 15) is 9.59 Å². The molecule has 1 aliphatic heterocycles. The van der Waals surface area contributed by atoms with Crippen LogP contribution in [0.1, 0.15) is 5.56 Å². The summed E-state index contributed by atoms with van der Waals surface area (Å²) in [5.41, 5.74) is 2.86. The lowest BCUT2D eigenvalue weighted by atomic mass is 10.1. The van der Waals surface area contributed by atoms with Crippen LogP contribution in [0.15, 0.2) is 18.2 Å². The van der Waals surface area contributed by atoms with E-state index in [0.29, 0.717) is 6.54 Å². The van der Waals surface area contributed by atoms with Gasteiger partial charge in [0.25, 0.3) is 0 Å². The molecule has 0 saturated carbocycles. The Balaban J connectivity index is 2.50. The lowest BCUT2D eigenvalue weighted by Crippen LogP contribution is -2.50. The van der Waals surface area contributed by atoms with Gasteiger partial charge in [-0.1, -0.05) is 6.07 Å². The van der Waals surface area contributed by atoms with Crippen molar-refractivity contribution in [2.75, 3.05) is 44.0 Å². The van der Waals surface area contributed by atoms with Crippen molar-refractivity contribution in [3.05, 3.63) is 23.8 Å². The van der Waals surface area contributed by atoms with E-state index in [0.717, 1.165) is 16.9 Å². The van der Waals surface area contributed by atoms with Gasteiger partial charge in [0, 0.05) is 20.6 Å². The number of nitrogens with one attached hydrogen (secondary N) is 2. The zero-order valence-corrected chi connectivity index (χ0v) is 12.9. The second kappa shape index (κ2) is 6.13. The van der Waals surface area contributed by atoms with E-state index in [2.05, 4.69) is 10.6 Å². The fourth-order valence-electron chi connectivity index (χ4n) is 2.53. The van der Waals surface area contributed by atoms with E-state index in [1.54, 1.807) is 19.0 Å². The number of rotatable bonds is 3. The summed E-state index contributed by atoms with van der Waals surface area (Å²) in [5.74, 6) is -0.273. The first kappa shape index (κ1) is 15.3. The monoisotopic (exact) mass is 290 g/mol. The topological polar surface area (TPSA) is 64.7 Å². The number of aryl methyl sites for hydroxylation is 1. The Morgan fingerprint density at radius 2 is 2.05 bits per heavy atom. The highest BCUT2D eigenvalue weighted by Crippen LogP contribution is 2.32. The highest BCUT2D eigenvalue weighted by molar-refractivity contribution is 6.05. The minimum atomic E-state index is -0.340. The molecular weight excluding hydrogens is 268 g/mol. The largest absolute Gasteiger partial charge is 0.371 e. The van der Waals surface area contributed by atoms with E-state index in [1.165, 1.54) is 0 Å². The predicted octanol–water partition coefficient (Wildman–Crippen LogP) is 0.112. The number of carbonyl (C=O) groups is 2. The van der Waals surface area contributed by atoms with E-state index >= 15 is 0 Å². The van der Waals surface area contributed by atoms with Crippen molar-refractivity contribution in [1.82, 2.24) is 10.6 Å². The number of hydrogen-bond acceptors (Lipinski definition) is 4. The van der Waals surface area contributed by atoms with Crippen LogP contribution in [-0.4, -0.2) is 52.1 Å². The third kappa shape index (κ3) is 3.00. The summed E-state index contributed by atoms with van der Waals surface area (Å²) in [4.78, 5) is 28.0. The van der Waals surface area contributed by atoms with Gasteiger partial charge in [0.15, 0.2) is 0 Å². The fraction of sp³-hybridized carbons (Fsp3) is 0.467. The van der Waals surface area contributed by atoms with Gasteiger partial charge < -0.3 is 15.5 Å². The number of carbonyl (C=O) groups excluding carboxylic acids is 2. The van der Waals surface area contributed by atoms with Crippen molar-refractivity contribution >= 4 is 23.2 Å². The van der Waals surface area contributed by atoms with Gasteiger partial charge in [0.2, 0.25) is 11.8 Å². The first-order valence-electron chi connectivity index (χ1n) is 6.99. The van der Waals surface area contributed by atoms with E-state index in [-0.39, 0.29) is 24.4 Å². The molecule has 2 rings (SSSR count). The maximum atomic E-state index is 12.7. The van der Waals surface area contributed by atoms with Crippen LogP contribution in [0.2, 0.25) is 0 Å². The maximum Gasteiger partial charge on any atom is 0.246 e. The van der Waals surface area contributed by atoms with Crippen LogP contribution in [0, 0.1) is 6.92 Å². The first-order chi connectivity index (χ1) is 9.97. The number of amides is 2. The second-order valence-corrected chi connectivity index (χ2v) is 5.31. The minimum absolute atomic E-state index is 0.0252. The molecule has 0 spiro atoms. The summed E-state index contributed by atoms with van der Waals surface area (Å²) in [6.07, 6.45) is 0. The van der Waals surface area contributed by atoms with Crippen LogP contribution < -0.4 is 20.4 Å². The molecule has 1 aliphatic rings. The van der Waals surface area contributed by atoms with Crippen LogP contribution in [-0.2, 0) is 9.59 Å². The molecule has 6 nitrogen and oxygen atoms in total. The Labute approximate surface area is 125 Å². The van der Waals surface area contributed by atoms with Gasteiger partial charge in [-0.2, -0.15) is 0 Å². The van der Waals surface area contributed by atoms with Gasteiger partial charge in [0.1, 0.15) is 12.6 Å². The summed E-state index contributed by atoms with van der Waals surface area (Å²) < 4.78 is 0. The Morgan fingerprint density at radius 1 is 1.33 bits per heavy atom. The number of likely N-dealkylation sites (N-methyl/N-ethyl adjacent to an activating group) is 3. The summed E-state index contributed by atoms with van der Waals surface area (Å²) in [6, 6.07) is 5.56. The third-order valence-electron chi connectivity index (χ3n) is 3.78. The average molecular weight is 290 g/mol. The number of anilines is 2. The summed E-state index contributed by atoms with van der Waals surface area (Å²) in [7, 11) is 5.29. The Kier molecular flexibility index (Phi) is 4.47. The second-order valence-electron chi connectivity index (χ2n) is 5.31. The third-order valence-corrected chi connectivity index (χ3v) is 3.78. The average Bonchev–Trinajstić information content (AvgIpc) is 2.57. The first-order valence-corrected chi connectivity index (χ1v) is 6.99. The summed E-state index contributed by atoms with van der Waals surface area (Å²) in [5, 5.41) is 5.60. The van der Waals surface area contributed by atoms with Gasteiger partial charge in [-0.25, -0.2) is 0 Å². The van der Waals surface area contributed by atoms with Gasteiger partial charge >= 0.3 is 0 Å². The van der Waals surface area contributed by atoms with Crippen molar-refractivity contribution in [3.63, 3.8) is 0 Å². The molecule has 21 heavy (non-hydrogen) atoms. The number of fused-ring (bicyclic) bond motifs is 1. The molecule has 1 heterocycles. The van der Waals surface area contributed by atoms with E-state index < -0.39 is 0 Å². The van der Waals surface area contributed by atoms with Crippen molar-refractivity contribution in [2.45, 2.75) is 13.0 Å². The molecule has 1 aromatic carbocycles. The normalized spacial score (nSPS) is 18.3. The molecule has 0 aromatic heterocycles. The molecule has 0 bridgehead atoms. The summed E-state index contributed by atoms with van der Waals surface area (Å²) in [6.45, 7) is 2.60. The van der Waals surface area contributed by atoms with E-state index in [1.807, 2.05) is 37.1 Å². The predicted molar refractivity (Wildman–Crippen MR) is 83.7 cm³/mol. The smallest absolute Gasteiger partial charge is 0.246 e. The van der Waals surface area contributed by atoms with Gasteiger partial charge in [-0.15, -0.1) is 0 Å². The Morgan fingerprint density at radius 3 is 2.67 bits per heavy atom. The van der Waals surface area contributed by atoms with Crippen molar-refractivity contribution in [1.29, 1.82) is 0 Å². The lowest BCUT2D eigenvalue weighted by Gasteiger charge is -2.24. The molecule has 1 atom stereocenters. The van der Waals surface area contributed by atoms with Gasteiger partial charge in [-0.05, 0) is 31.7 Å². The zero-order chi connectivity index (χ0) is 15.6. The SMILES string of the molecule is CNC(=O)CN1C(=O)[C@@H](NC)CN(C)c2cc(C)ccc21. The molecular formula is C15H22N4O2. The number of benzene rings is 1. The quantitative estimate of drug-likeness (QED) is 0.829. The molecule has 2 amide bonds. The Hall–Kier alpha value is -2.08. The van der Waals surface area contributed by atoms with Crippen LogP contribution in [0.5, 0.6) is 0 Å². The zero-order valence-electron chi connectivity index (χ0n) is 12.9. The molecule has 1 aromatic rings. The molecule has 114 valence electrons. The summed E-state index contributed by atoms with van der Waals surface area (Å²) >= 11 is 0. The molecule has 0 unspecified atom stereocenters. The molecule has 0 radical (unpaired) electrons. The van der Waals surface area contributed by atoms with Crippen LogP contribution >= 0.6 is 0 Å². The minimum Gasteiger partial charge on any atom is -0.371 e. The highest BCUT2D eigenvalue weighted by atomic mass is 16.2. The number of hydrogen-bond donors (Lipinski definition) is 2. The fourth-order valence-corrected chi connectivity index (χ4v) is 2.53. The number of nitrogens with zero attached hydrogens (tertiary/aromatic N) is 2. The van der Waals surface area contributed by atoms with Gasteiger partial charge in [0.05, 0.1) is 11.4 Å². The van der Waals surface area contributed by atoms with Crippen LogP contribution in [0.3, 0.4) is 0 Å². The van der Waals surface area contributed by atoms with Crippen LogP contribution in [0.4, 0.5) is 11.4 Å². The highest BCUT2D eigenvalue weighted by Gasteiger charge is 2.32. The van der Waals surface area contributed by atoms with Crippen LogP contribution in [0.25, 0.3) is 0 Å². The lowest BCUT2D eigenvalue weighted by molar-refractivity contribution is -0.124. The van der Waals surface area contributed by atoms with Crippen molar-refractivity contribution in [2.24, 2.45) is 0 Å². The molecule has 6 heteroatoms. The molecule has 0 aliphatic carbocycles. The van der Waals surface area contributed by atoms with Crippen molar-refractivity contribution in [3.8, 4) is 0 Å². The molecule has 0 fully saturated rings. The Bertz CT molecular complexity index is 559. The van der Waals surface area contributed by atoms with Gasteiger partial charge in [-0.3, -0.25) is 14.5 Å².